The standard InChI is InChI=1S/C16H15ClN6O/c1-24-14-6-5-11(8-13(14)17)21-15-10-20-23-16(22-15)19-9-12-4-2-3-7-18-12/h2-8,10H,9H2,1H3,(H2,19,21,22,23). The van der Waals surface area contributed by atoms with Gasteiger partial charge in [0, 0.05) is 11.9 Å². The maximum absolute atomic E-state index is 6.11. The van der Waals surface area contributed by atoms with Gasteiger partial charge < -0.3 is 15.4 Å². The average Bonchev–Trinajstić information content (AvgIpc) is 2.61. The molecule has 8 heteroatoms. The third kappa shape index (κ3) is 4.08. The summed E-state index contributed by atoms with van der Waals surface area (Å²) in [6, 6.07) is 11.1. The Morgan fingerprint density at radius 2 is 2.12 bits per heavy atom. The molecule has 1 aromatic carbocycles. The SMILES string of the molecule is COc1ccc(Nc2cnnc(NCc3ccccn3)n2)cc1Cl. The molecule has 0 radical (unpaired) electrons. The number of benzene rings is 1. The number of halogens is 1. The van der Waals surface area contributed by atoms with Crippen molar-refractivity contribution in [1.82, 2.24) is 20.2 Å². The summed E-state index contributed by atoms with van der Waals surface area (Å²) < 4.78 is 5.13. The monoisotopic (exact) mass is 342 g/mol. The highest BCUT2D eigenvalue weighted by molar-refractivity contribution is 6.32. The van der Waals surface area contributed by atoms with Crippen molar-refractivity contribution in [3.63, 3.8) is 0 Å². The summed E-state index contributed by atoms with van der Waals surface area (Å²) in [4.78, 5) is 8.59. The second kappa shape index (κ2) is 7.56. The molecule has 0 aliphatic heterocycles. The van der Waals surface area contributed by atoms with Crippen molar-refractivity contribution in [3.05, 3.63) is 59.5 Å². The van der Waals surface area contributed by atoms with Crippen LogP contribution in [0.2, 0.25) is 5.02 Å². The highest BCUT2D eigenvalue weighted by Crippen LogP contribution is 2.28. The molecule has 0 aliphatic rings. The van der Waals surface area contributed by atoms with E-state index in [9.17, 15) is 0 Å². The molecule has 0 saturated carbocycles. The zero-order valence-electron chi connectivity index (χ0n) is 12.9. The van der Waals surface area contributed by atoms with E-state index in [2.05, 4.69) is 30.8 Å². The van der Waals surface area contributed by atoms with Crippen molar-refractivity contribution in [2.24, 2.45) is 0 Å². The van der Waals surface area contributed by atoms with Crippen LogP contribution in [0.15, 0.2) is 48.8 Å². The summed E-state index contributed by atoms with van der Waals surface area (Å²) in [6.07, 6.45) is 3.27. The summed E-state index contributed by atoms with van der Waals surface area (Å²) in [5, 5.41) is 14.6. The third-order valence-electron chi connectivity index (χ3n) is 3.14. The van der Waals surface area contributed by atoms with Gasteiger partial charge in [-0.1, -0.05) is 17.7 Å². The van der Waals surface area contributed by atoms with Gasteiger partial charge in [0.15, 0.2) is 5.82 Å². The van der Waals surface area contributed by atoms with Crippen molar-refractivity contribution in [2.75, 3.05) is 17.7 Å². The van der Waals surface area contributed by atoms with Gasteiger partial charge in [0.1, 0.15) is 5.75 Å². The number of rotatable bonds is 6. The van der Waals surface area contributed by atoms with E-state index in [-0.39, 0.29) is 0 Å². The molecule has 0 unspecified atom stereocenters. The fraction of sp³-hybridized carbons (Fsp3) is 0.125. The first-order valence-corrected chi connectivity index (χ1v) is 7.56. The number of ether oxygens (including phenoxy) is 1. The molecular formula is C16H15ClN6O. The normalized spacial score (nSPS) is 10.2. The number of hydrogen-bond acceptors (Lipinski definition) is 7. The van der Waals surface area contributed by atoms with Gasteiger partial charge in [0.2, 0.25) is 5.95 Å². The van der Waals surface area contributed by atoms with E-state index >= 15 is 0 Å². The Hall–Kier alpha value is -2.93. The molecule has 3 rings (SSSR count). The Balaban J connectivity index is 1.67. The predicted molar refractivity (Wildman–Crippen MR) is 92.7 cm³/mol. The first-order valence-electron chi connectivity index (χ1n) is 7.18. The van der Waals surface area contributed by atoms with Crippen LogP contribution in [0.25, 0.3) is 0 Å². The molecule has 7 nitrogen and oxygen atoms in total. The number of nitrogens with one attached hydrogen (secondary N) is 2. The zero-order chi connectivity index (χ0) is 16.8. The Morgan fingerprint density at radius 3 is 2.88 bits per heavy atom. The molecule has 2 aromatic heterocycles. The highest BCUT2D eigenvalue weighted by atomic mass is 35.5. The number of pyridine rings is 1. The fourth-order valence-corrected chi connectivity index (χ4v) is 2.26. The van der Waals surface area contributed by atoms with Crippen LogP contribution in [0.4, 0.5) is 17.5 Å². The van der Waals surface area contributed by atoms with Gasteiger partial charge in [0.25, 0.3) is 0 Å². The fourth-order valence-electron chi connectivity index (χ4n) is 2.00. The van der Waals surface area contributed by atoms with E-state index < -0.39 is 0 Å². The summed E-state index contributed by atoms with van der Waals surface area (Å²) in [7, 11) is 1.57. The third-order valence-corrected chi connectivity index (χ3v) is 3.43. The van der Waals surface area contributed by atoms with E-state index in [0.717, 1.165) is 11.4 Å². The number of anilines is 3. The Morgan fingerprint density at radius 1 is 1.21 bits per heavy atom. The Kier molecular flexibility index (Phi) is 5.02. The van der Waals surface area contributed by atoms with Crippen LogP contribution in [-0.4, -0.2) is 27.3 Å². The molecular weight excluding hydrogens is 328 g/mol. The summed E-state index contributed by atoms with van der Waals surface area (Å²) in [6.45, 7) is 0.514. The lowest BCUT2D eigenvalue weighted by molar-refractivity contribution is 0.415. The molecule has 0 spiro atoms. The smallest absolute Gasteiger partial charge is 0.245 e. The second-order valence-corrected chi connectivity index (χ2v) is 5.22. The van der Waals surface area contributed by atoms with E-state index in [1.54, 1.807) is 25.4 Å². The molecule has 0 atom stereocenters. The molecule has 0 amide bonds. The lowest BCUT2D eigenvalue weighted by atomic mass is 10.3. The molecule has 0 fully saturated rings. The highest BCUT2D eigenvalue weighted by Gasteiger charge is 2.05. The largest absolute Gasteiger partial charge is 0.495 e. The van der Waals surface area contributed by atoms with Crippen LogP contribution < -0.4 is 15.4 Å². The quantitative estimate of drug-likeness (QED) is 0.711. The van der Waals surface area contributed by atoms with Gasteiger partial charge in [-0.25, -0.2) is 0 Å². The average molecular weight is 343 g/mol. The minimum absolute atomic E-state index is 0.408. The van der Waals surface area contributed by atoms with Crippen LogP contribution in [0.3, 0.4) is 0 Å². The minimum Gasteiger partial charge on any atom is -0.495 e. The van der Waals surface area contributed by atoms with Crippen LogP contribution >= 0.6 is 11.6 Å². The Bertz CT molecular complexity index is 815. The number of methoxy groups -OCH3 is 1. The topological polar surface area (TPSA) is 84.9 Å². The molecule has 0 bridgehead atoms. The van der Waals surface area contributed by atoms with Crippen molar-refractivity contribution in [1.29, 1.82) is 0 Å². The van der Waals surface area contributed by atoms with Gasteiger partial charge in [-0.05, 0) is 30.3 Å². The number of nitrogens with zero attached hydrogens (tertiary/aromatic N) is 4. The van der Waals surface area contributed by atoms with Gasteiger partial charge in [0.05, 0.1) is 30.6 Å². The van der Waals surface area contributed by atoms with Crippen LogP contribution in [0.5, 0.6) is 5.75 Å². The maximum atomic E-state index is 6.11. The maximum Gasteiger partial charge on any atom is 0.245 e. The molecule has 122 valence electrons. The molecule has 3 aromatic rings. The molecule has 0 aliphatic carbocycles. The van der Waals surface area contributed by atoms with Gasteiger partial charge in [-0.15, -0.1) is 5.10 Å². The summed E-state index contributed by atoms with van der Waals surface area (Å²) >= 11 is 6.11. The minimum atomic E-state index is 0.408. The van der Waals surface area contributed by atoms with E-state index in [4.69, 9.17) is 16.3 Å². The van der Waals surface area contributed by atoms with E-state index in [0.29, 0.717) is 29.1 Å². The second-order valence-electron chi connectivity index (χ2n) is 4.81. The van der Waals surface area contributed by atoms with Crippen molar-refractivity contribution >= 4 is 29.1 Å². The molecule has 24 heavy (non-hydrogen) atoms. The van der Waals surface area contributed by atoms with E-state index in [1.807, 2.05) is 24.3 Å². The van der Waals surface area contributed by atoms with Crippen LogP contribution in [-0.2, 0) is 6.54 Å². The Labute approximate surface area is 144 Å². The van der Waals surface area contributed by atoms with Gasteiger partial charge in [-0.2, -0.15) is 10.1 Å². The zero-order valence-corrected chi connectivity index (χ0v) is 13.7. The van der Waals surface area contributed by atoms with E-state index in [1.165, 1.54) is 6.20 Å². The van der Waals surface area contributed by atoms with Gasteiger partial charge in [-0.3, -0.25) is 4.98 Å². The molecule has 0 saturated heterocycles. The lowest BCUT2D eigenvalue weighted by Crippen LogP contribution is -2.07. The summed E-state index contributed by atoms with van der Waals surface area (Å²) in [5.41, 5.74) is 1.67. The number of hydrogen-bond donors (Lipinski definition) is 2. The van der Waals surface area contributed by atoms with Crippen LogP contribution in [0.1, 0.15) is 5.69 Å². The van der Waals surface area contributed by atoms with Gasteiger partial charge >= 0.3 is 0 Å². The van der Waals surface area contributed by atoms with Crippen molar-refractivity contribution in [3.8, 4) is 5.75 Å². The first kappa shape index (κ1) is 15.9. The first-order chi connectivity index (χ1) is 11.7. The van der Waals surface area contributed by atoms with Crippen LogP contribution in [0, 0.1) is 0 Å². The lowest BCUT2D eigenvalue weighted by Gasteiger charge is -2.09. The molecule has 2 N–H and O–H groups in total. The predicted octanol–water partition coefficient (Wildman–Crippen LogP) is 3.28. The molecule has 2 heterocycles. The van der Waals surface area contributed by atoms with Crippen molar-refractivity contribution < 1.29 is 4.74 Å². The number of aromatic nitrogens is 4. The van der Waals surface area contributed by atoms with Crippen molar-refractivity contribution in [2.45, 2.75) is 6.54 Å². The summed E-state index contributed by atoms with van der Waals surface area (Å²) in [5.74, 6) is 1.57.